The second-order valence-corrected chi connectivity index (χ2v) is 5.63. The van der Waals surface area contributed by atoms with E-state index in [9.17, 15) is 18.0 Å². The lowest BCUT2D eigenvalue weighted by Crippen LogP contribution is -2.30. The fourth-order valence-corrected chi connectivity index (χ4v) is 2.36. The topological polar surface area (TPSA) is 55.6 Å². The van der Waals surface area contributed by atoms with Gasteiger partial charge in [-0.2, -0.15) is 0 Å². The third-order valence-electron chi connectivity index (χ3n) is 3.65. The zero-order valence-corrected chi connectivity index (χ0v) is 14.9. The molecular weight excluding hydrogens is 369 g/mol. The predicted molar refractivity (Wildman–Crippen MR) is 94.8 cm³/mol. The first kappa shape index (κ1) is 21.8. The second-order valence-electron chi connectivity index (χ2n) is 5.63. The Labute approximate surface area is 156 Å². The number of ether oxygens (including phenoxy) is 1. The van der Waals surface area contributed by atoms with Gasteiger partial charge in [0, 0.05) is 31.6 Å². The average Bonchev–Trinajstić information content (AvgIpc) is 2.56. The number of carbonyl (C=O) groups is 1. The standard InChI is InChI=1S/C18H19F3N2O2.ClH/c1-23(17(24)11-15(22)13-7-3-2-4-8-13)12-14-9-5-6-10-16(14)25-18(19,20)21;/h2-10,15H,11-12,22H2,1H3;1H. The van der Waals surface area contributed by atoms with E-state index < -0.39 is 12.4 Å². The first-order valence-electron chi connectivity index (χ1n) is 7.64. The van der Waals surface area contributed by atoms with E-state index in [0.717, 1.165) is 5.56 Å². The molecule has 2 N–H and O–H groups in total. The minimum Gasteiger partial charge on any atom is -0.405 e. The molecule has 8 heteroatoms. The van der Waals surface area contributed by atoms with E-state index in [-0.39, 0.29) is 42.6 Å². The lowest BCUT2D eigenvalue weighted by molar-refractivity contribution is -0.275. The third kappa shape index (κ3) is 6.57. The molecule has 1 atom stereocenters. The van der Waals surface area contributed by atoms with Gasteiger partial charge in [0.05, 0.1) is 0 Å². The summed E-state index contributed by atoms with van der Waals surface area (Å²) in [6.45, 7) is -0.00734. The van der Waals surface area contributed by atoms with Crippen LogP contribution in [0, 0.1) is 0 Å². The highest BCUT2D eigenvalue weighted by molar-refractivity contribution is 5.85. The third-order valence-corrected chi connectivity index (χ3v) is 3.65. The molecule has 142 valence electrons. The molecule has 2 rings (SSSR count). The van der Waals surface area contributed by atoms with Crippen molar-refractivity contribution in [2.75, 3.05) is 7.05 Å². The summed E-state index contributed by atoms with van der Waals surface area (Å²) in [6, 6.07) is 14.4. The molecule has 4 nitrogen and oxygen atoms in total. The molecule has 0 spiro atoms. The Morgan fingerprint density at radius 3 is 2.31 bits per heavy atom. The minimum atomic E-state index is -4.78. The number of para-hydroxylation sites is 1. The van der Waals surface area contributed by atoms with Gasteiger partial charge in [-0.15, -0.1) is 25.6 Å². The number of amides is 1. The highest BCUT2D eigenvalue weighted by atomic mass is 35.5. The van der Waals surface area contributed by atoms with Crippen molar-refractivity contribution < 1.29 is 22.7 Å². The minimum absolute atomic E-state index is 0. The number of halogens is 4. The summed E-state index contributed by atoms with van der Waals surface area (Å²) in [4.78, 5) is 13.6. The summed E-state index contributed by atoms with van der Waals surface area (Å²) in [5.41, 5.74) is 7.11. The molecule has 1 amide bonds. The first-order valence-corrected chi connectivity index (χ1v) is 7.64. The van der Waals surface area contributed by atoms with Crippen LogP contribution >= 0.6 is 12.4 Å². The van der Waals surface area contributed by atoms with Crippen molar-refractivity contribution in [1.82, 2.24) is 4.90 Å². The van der Waals surface area contributed by atoms with Gasteiger partial charge in [-0.05, 0) is 11.6 Å². The molecule has 26 heavy (non-hydrogen) atoms. The van der Waals surface area contributed by atoms with Crippen molar-refractivity contribution in [2.24, 2.45) is 5.73 Å². The fraction of sp³-hybridized carbons (Fsp3) is 0.278. The summed E-state index contributed by atoms with van der Waals surface area (Å²) in [5.74, 6) is -0.583. The number of benzene rings is 2. The second kappa shape index (κ2) is 9.45. The van der Waals surface area contributed by atoms with Crippen LogP contribution in [0.25, 0.3) is 0 Å². The summed E-state index contributed by atoms with van der Waals surface area (Å²) >= 11 is 0. The molecule has 0 aliphatic rings. The average molecular weight is 389 g/mol. The molecule has 0 radical (unpaired) electrons. The Morgan fingerprint density at radius 2 is 1.69 bits per heavy atom. The van der Waals surface area contributed by atoms with Crippen LogP contribution in [0.4, 0.5) is 13.2 Å². The van der Waals surface area contributed by atoms with Gasteiger partial charge in [0.25, 0.3) is 0 Å². The number of nitrogens with two attached hydrogens (primary N) is 1. The van der Waals surface area contributed by atoms with Crippen molar-refractivity contribution in [3.05, 3.63) is 65.7 Å². The van der Waals surface area contributed by atoms with Gasteiger partial charge in [-0.25, -0.2) is 0 Å². The van der Waals surface area contributed by atoms with E-state index in [1.54, 1.807) is 6.07 Å². The van der Waals surface area contributed by atoms with Gasteiger partial charge in [0.1, 0.15) is 5.75 Å². The zero-order chi connectivity index (χ0) is 18.4. The summed E-state index contributed by atoms with van der Waals surface area (Å²) in [5, 5.41) is 0. The number of hydrogen-bond acceptors (Lipinski definition) is 3. The molecular formula is C18H20ClF3N2O2. The van der Waals surface area contributed by atoms with Gasteiger partial charge in [0.15, 0.2) is 0 Å². The van der Waals surface area contributed by atoms with Gasteiger partial charge in [0.2, 0.25) is 5.91 Å². The van der Waals surface area contributed by atoms with Crippen molar-refractivity contribution in [3.63, 3.8) is 0 Å². The van der Waals surface area contributed by atoms with Gasteiger partial charge >= 0.3 is 6.36 Å². The van der Waals surface area contributed by atoms with Crippen LogP contribution in [0.1, 0.15) is 23.6 Å². The zero-order valence-electron chi connectivity index (χ0n) is 14.1. The number of nitrogens with zero attached hydrogens (tertiary/aromatic N) is 1. The van der Waals surface area contributed by atoms with Crippen LogP contribution in [0.3, 0.4) is 0 Å². The van der Waals surface area contributed by atoms with Crippen molar-refractivity contribution in [2.45, 2.75) is 25.4 Å². The quantitative estimate of drug-likeness (QED) is 0.812. The van der Waals surface area contributed by atoms with Crippen molar-refractivity contribution in [1.29, 1.82) is 0 Å². The van der Waals surface area contributed by atoms with E-state index >= 15 is 0 Å². The predicted octanol–water partition coefficient (Wildman–Crippen LogP) is 4.06. The highest BCUT2D eigenvalue weighted by Crippen LogP contribution is 2.27. The molecule has 0 heterocycles. The molecule has 0 aliphatic heterocycles. The molecule has 0 fully saturated rings. The van der Waals surface area contributed by atoms with Crippen LogP contribution < -0.4 is 10.5 Å². The molecule has 0 bridgehead atoms. The van der Waals surface area contributed by atoms with E-state index in [0.29, 0.717) is 0 Å². The Hall–Kier alpha value is -2.25. The van der Waals surface area contributed by atoms with E-state index in [1.165, 1.54) is 30.1 Å². The van der Waals surface area contributed by atoms with Gasteiger partial charge < -0.3 is 15.4 Å². The summed E-state index contributed by atoms with van der Waals surface area (Å²) in [6.07, 6.45) is -4.73. The van der Waals surface area contributed by atoms with E-state index in [2.05, 4.69) is 4.74 Å². The Morgan fingerprint density at radius 1 is 1.12 bits per heavy atom. The number of carbonyl (C=O) groups excluding carboxylic acids is 1. The molecule has 0 saturated carbocycles. The van der Waals surface area contributed by atoms with Crippen LogP contribution in [0.15, 0.2) is 54.6 Å². The SMILES string of the molecule is CN(Cc1ccccc1OC(F)(F)F)C(=O)CC(N)c1ccccc1.Cl. The Kier molecular flexibility index (Phi) is 7.92. The summed E-state index contributed by atoms with van der Waals surface area (Å²) < 4.78 is 41.4. The lowest BCUT2D eigenvalue weighted by Gasteiger charge is -2.21. The van der Waals surface area contributed by atoms with Gasteiger partial charge in [-0.1, -0.05) is 48.5 Å². The molecule has 1 unspecified atom stereocenters. The molecule has 0 aliphatic carbocycles. The van der Waals surface area contributed by atoms with E-state index in [1.807, 2.05) is 30.3 Å². The Bertz CT molecular complexity index is 711. The number of hydrogen-bond donors (Lipinski definition) is 1. The number of alkyl halides is 3. The largest absolute Gasteiger partial charge is 0.573 e. The first-order chi connectivity index (χ1) is 11.8. The normalized spacial score (nSPS) is 12.0. The summed E-state index contributed by atoms with van der Waals surface area (Å²) in [7, 11) is 1.52. The van der Waals surface area contributed by atoms with Gasteiger partial charge in [-0.3, -0.25) is 4.79 Å². The molecule has 2 aromatic carbocycles. The fourth-order valence-electron chi connectivity index (χ4n) is 2.36. The number of rotatable bonds is 6. The lowest BCUT2D eigenvalue weighted by atomic mass is 10.0. The van der Waals surface area contributed by atoms with Crippen LogP contribution in [0.2, 0.25) is 0 Å². The monoisotopic (exact) mass is 388 g/mol. The van der Waals surface area contributed by atoms with Crippen molar-refractivity contribution >= 4 is 18.3 Å². The smallest absolute Gasteiger partial charge is 0.405 e. The molecule has 2 aromatic rings. The van der Waals surface area contributed by atoms with Crippen LogP contribution in [-0.4, -0.2) is 24.2 Å². The maximum absolute atomic E-state index is 12.5. The highest BCUT2D eigenvalue weighted by Gasteiger charge is 2.32. The Balaban J connectivity index is 0.00000338. The van der Waals surface area contributed by atoms with Crippen LogP contribution in [-0.2, 0) is 11.3 Å². The van der Waals surface area contributed by atoms with Crippen molar-refractivity contribution in [3.8, 4) is 5.75 Å². The maximum atomic E-state index is 12.5. The van der Waals surface area contributed by atoms with Crippen LogP contribution in [0.5, 0.6) is 5.75 Å². The maximum Gasteiger partial charge on any atom is 0.573 e. The molecule has 0 saturated heterocycles. The molecule has 0 aromatic heterocycles. The van der Waals surface area contributed by atoms with E-state index in [4.69, 9.17) is 5.73 Å².